The molecule has 3 aromatic rings. The second-order valence-electron chi connectivity index (χ2n) is 8.52. The summed E-state index contributed by atoms with van der Waals surface area (Å²) in [5, 5.41) is 13.5. The van der Waals surface area contributed by atoms with Crippen LogP contribution in [0.15, 0.2) is 49.2 Å². The van der Waals surface area contributed by atoms with Gasteiger partial charge in [-0.2, -0.15) is 18.3 Å². The lowest BCUT2D eigenvalue weighted by Gasteiger charge is -2.29. The van der Waals surface area contributed by atoms with Crippen LogP contribution in [0.4, 0.5) is 23.2 Å². The van der Waals surface area contributed by atoms with E-state index in [1.807, 2.05) is 0 Å². The molecule has 2 aromatic heterocycles. The van der Waals surface area contributed by atoms with Gasteiger partial charge < -0.3 is 16.0 Å². The van der Waals surface area contributed by atoms with Crippen LogP contribution < -0.4 is 16.0 Å². The van der Waals surface area contributed by atoms with Gasteiger partial charge in [-0.3, -0.25) is 9.48 Å². The monoisotopic (exact) mass is 502 g/mol. The molecule has 0 radical (unpaired) electrons. The average molecular weight is 503 g/mol. The van der Waals surface area contributed by atoms with E-state index in [9.17, 15) is 22.4 Å². The fraction of sp³-hybridized carbons (Fsp3) is 0.320. The second-order valence-corrected chi connectivity index (χ2v) is 8.52. The number of nitrogens with zero attached hydrogens (tertiary/aromatic N) is 3. The quantitative estimate of drug-likeness (QED) is 0.424. The third kappa shape index (κ3) is 5.73. The molecule has 1 fully saturated rings. The molecule has 11 heteroatoms. The Morgan fingerprint density at radius 2 is 2.11 bits per heavy atom. The van der Waals surface area contributed by atoms with E-state index in [-0.39, 0.29) is 41.5 Å². The number of carbonyl (C=O) groups is 1. The number of rotatable bonds is 7. The van der Waals surface area contributed by atoms with Gasteiger partial charge in [0.25, 0.3) is 5.91 Å². The van der Waals surface area contributed by atoms with Crippen LogP contribution in [0.1, 0.15) is 28.3 Å². The number of nitrogens with one attached hydrogen (secondary N) is 3. The first-order valence-electron chi connectivity index (χ1n) is 11.4. The molecule has 7 nitrogen and oxygen atoms in total. The van der Waals surface area contributed by atoms with E-state index in [2.05, 4.69) is 32.6 Å². The molecule has 190 valence electrons. The number of anilines is 1. The lowest BCUT2D eigenvalue weighted by atomic mass is 10.00. The van der Waals surface area contributed by atoms with Gasteiger partial charge in [0.15, 0.2) is 0 Å². The van der Waals surface area contributed by atoms with Gasteiger partial charge in [0.05, 0.1) is 23.0 Å². The van der Waals surface area contributed by atoms with Crippen molar-refractivity contribution in [3.8, 4) is 0 Å². The van der Waals surface area contributed by atoms with E-state index in [1.54, 1.807) is 43.6 Å². The molecule has 3 heterocycles. The maximum atomic E-state index is 14.4. The summed E-state index contributed by atoms with van der Waals surface area (Å²) in [5.74, 6) is -0.382. The number of allylic oxidation sites excluding steroid dienone is 1. The maximum absolute atomic E-state index is 14.4. The highest BCUT2D eigenvalue weighted by Crippen LogP contribution is 2.37. The topological polar surface area (TPSA) is 83.9 Å². The van der Waals surface area contributed by atoms with Crippen molar-refractivity contribution in [3.05, 3.63) is 66.3 Å². The van der Waals surface area contributed by atoms with E-state index in [1.165, 1.54) is 16.8 Å². The number of aryl methyl sites for hydroxylation is 1. The summed E-state index contributed by atoms with van der Waals surface area (Å²) in [6.07, 6.45) is -0.545. The zero-order valence-corrected chi connectivity index (χ0v) is 19.6. The third-order valence-corrected chi connectivity index (χ3v) is 5.89. The highest BCUT2D eigenvalue weighted by molar-refractivity contribution is 6.01. The lowest BCUT2D eigenvalue weighted by molar-refractivity contribution is -0.0688. The number of pyridine rings is 1. The van der Waals surface area contributed by atoms with Crippen molar-refractivity contribution in [2.24, 2.45) is 7.05 Å². The summed E-state index contributed by atoms with van der Waals surface area (Å²) in [4.78, 5) is 16.3. The molecule has 1 amide bonds. The Morgan fingerprint density at radius 3 is 2.81 bits per heavy atom. The predicted molar refractivity (Wildman–Crippen MR) is 131 cm³/mol. The number of alkyl halides is 4. The number of piperidine rings is 1. The first kappa shape index (κ1) is 25.4. The average Bonchev–Trinajstić information content (AvgIpc) is 3.28. The molecule has 0 saturated carbocycles. The van der Waals surface area contributed by atoms with E-state index >= 15 is 0 Å². The summed E-state index contributed by atoms with van der Waals surface area (Å²) in [5.41, 5.74) is -0.375. The summed E-state index contributed by atoms with van der Waals surface area (Å²) in [7, 11) is 1.69. The molecule has 4 rings (SSSR count). The molecule has 2 atom stereocenters. The highest BCUT2D eigenvalue weighted by atomic mass is 19.4. The molecule has 0 aliphatic carbocycles. The number of carbonyl (C=O) groups excluding carboxylic acids is 1. The molecule has 1 aliphatic heterocycles. The molecular weight excluding hydrogens is 476 g/mol. The zero-order valence-electron chi connectivity index (χ0n) is 19.6. The van der Waals surface area contributed by atoms with Gasteiger partial charge >= 0.3 is 6.18 Å². The van der Waals surface area contributed by atoms with Crippen LogP contribution in [-0.4, -0.2) is 58.7 Å². The van der Waals surface area contributed by atoms with Crippen molar-refractivity contribution in [2.45, 2.75) is 24.8 Å². The van der Waals surface area contributed by atoms with Crippen LogP contribution in [0.25, 0.3) is 22.4 Å². The van der Waals surface area contributed by atoms with Crippen molar-refractivity contribution in [1.82, 2.24) is 25.4 Å². The van der Waals surface area contributed by atoms with E-state index in [0.29, 0.717) is 24.0 Å². The molecule has 36 heavy (non-hydrogen) atoms. The molecule has 1 aromatic carbocycles. The Balaban J connectivity index is 1.64. The fourth-order valence-corrected chi connectivity index (χ4v) is 4.01. The smallest absolute Gasteiger partial charge is 0.379 e. The zero-order chi connectivity index (χ0) is 25.9. The van der Waals surface area contributed by atoms with Crippen molar-refractivity contribution in [3.63, 3.8) is 0 Å². The van der Waals surface area contributed by atoms with Crippen LogP contribution >= 0.6 is 0 Å². The Hall–Kier alpha value is -3.73. The van der Waals surface area contributed by atoms with Gasteiger partial charge in [0.2, 0.25) is 0 Å². The van der Waals surface area contributed by atoms with Crippen LogP contribution in [-0.2, 0) is 7.05 Å². The minimum absolute atomic E-state index is 0.114. The molecule has 1 saturated heterocycles. The van der Waals surface area contributed by atoms with Crippen molar-refractivity contribution >= 4 is 34.0 Å². The highest BCUT2D eigenvalue weighted by Gasteiger charge is 2.35. The van der Waals surface area contributed by atoms with Crippen LogP contribution in [0.3, 0.4) is 0 Å². The van der Waals surface area contributed by atoms with Gasteiger partial charge in [0, 0.05) is 42.8 Å². The van der Waals surface area contributed by atoms with Crippen molar-refractivity contribution < 1.29 is 22.4 Å². The molecule has 0 bridgehead atoms. The Kier molecular flexibility index (Phi) is 7.39. The van der Waals surface area contributed by atoms with Gasteiger partial charge in [0.1, 0.15) is 11.9 Å². The number of halogens is 4. The number of benzene rings is 1. The predicted octanol–water partition coefficient (Wildman–Crippen LogP) is 4.10. The third-order valence-electron chi connectivity index (χ3n) is 5.89. The van der Waals surface area contributed by atoms with Crippen LogP contribution in [0.2, 0.25) is 0 Å². The summed E-state index contributed by atoms with van der Waals surface area (Å²) in [6, 6.07) is 7.58. The van der Waals surface area contributed by atoms with Crippen LogP contribution in [0.5, 0.6) is 0 Å². The Morgan fingerprint density at radius 1 is 1.31 bits per heavy atom. The summed E-state index contributed by atoms with van der Waals surface area (Å²) >= 11 is 0. The summed E-state index contributed by atoms with van der Waals surface area (Å²) < 4.78 is 56.7. The largest absolute Gasteiger partial charge is 0.417 e. The summed E-state index contributed by atoms with van der Waals surface area (Å²) in [6.45, 7) is 4.19. The minimum atomic E-state index is -4.68. The number of hydrogen-bond donors (Lipinski definition) is 3. The van der Waals surface area contributed by atoms with Crippen molar-refractivity contribution in [1.29, 1.82) is 0 Å². The Labute approximate surface area is 205 Å². The molecule has 0 unspecified atom stereocenters. The SMILES string of the molecule is C=C(c1nc(/C=C/CNC(=O)c2ccn(C)n2)cc2c(N[C@@H]3CCNC[C@@H]3F)cccc12)C(F)(F)F. The van der Waals surface area contributed by atoms with E-state index in [0.717, 1.165) is 0 Å². The van der Waals surface area contributed by atoms with E-state index < -0.39 is 24.0 Å². The fourth-order valence-electron chi connectivity index (χ4n) is 4.01. The van der Waals surface area contributed by atoms with E-state index in [4.69, 9.17) is 0 Å². The molecule has 0 spiro atoms. The van der Waals surface area contributed by atoms with Crippen molar-refractivity contribution in [2.75, 3.05) is 25.0 Å². The molecular formula is C25H26F4N6O. The Bertz CT molecular complexity index is 1300. The number of fused-ring (bicyclic) bond motifs is 1. The maximum Gasteiger partial charge on any atom is 0.417 e. The number of amides is 1. The number of hydrogen-bond acceptors (Lipinski definition) is 5. The van der Waals surface area contributed by atoms with Gasteiger partial charge in [-0.1, -0.05) is 24.8 Å². The first-order valence-corrected chi connectivity index (χ1v) is 11.4. The second kappa shape index (κ2) is 10.5. The first-order chi connectivity index (χ1) is 17.1. The normalized spacial score (nSPS) is 18.5. The standard InChI is InChI=1S/C25H26F4N6O/c1-15(25(27,28)29)23-17-6-3-7-20(33-21-8-11-30-14-19(21)26)18(17)13-16(32-23)5-4-10-31-24(36)22-9-12-35(2)34-22/h3-7,9,12-13,19,21,30,33H,1,8,10-11,14H2,2H3,(H,31,36)/b5-4+/t19-,21+/m0/s1. The van der Waals surface area contributed by atoms with Gasteiger partial charge in [-0.25, -0.2) is 9.37 Å². The van der Waals surface area contributed by atoms with Gasteiger partial charge in [-0.15, -0.1) is 0 Å². The molecule has 1 aliphatic rings. The molecule has 3 N–H and O–H groups in total. The van der Waals surface area contributed by atoms with Crippen LogP contribution in [0, 0.1) is 0 Å². The van der Waals surface area contributed by atoms with Gasteiger partial charge in [-0.05, 0) is 37.2 Å². The lowest BCUT2D eigenvalue weighted by Crippen LogP contribution is -2.45. The minimum Gasteiger partial charge on any atom is -0.379 e. The number of aromatic nitrogens is 3.